The second-order valence-electron chi connectivity index (χ2n) is 5.04. The van der Waals surface area contributed by atoms with Crippen molar-refractivity contribution in [3.8, 4) is 0 Å². The maximum atomic E-state index is 3.53. The lowest BCUT2D eigenvalue weighted by atomic mass is 10.0. The molecule has 0 bridgehead atoms. The molecular formula is C14H23BrN2. The number of halogens is 1. The highest BCUT2D eigenvalue weighted by molar-refractivity contribution is 9.10. The van der Waals surface area contributed by atoms with E-state index in [0.29, 0.717) is 12.0 Å². The third-order valence-electron chi connectivity index (χ3n) is 3.00. The average Bonchev–Trinajstić information content (AvgIpc) is 2.23. The van der Waals surface area contributed by atoms with Crippen LogP contribution in [0, 0.1) is 5.92 Å². The molecule has 0 amide bonds. The van der Waals surface area contributed by atoms with Crippen molar-refractivity contribution in [3.05, 3.63) is 34.3 Å². The molecule has 0 spiro atoms. The van der Waals surface area contributed by atoms with Crippen LogP contribution in [0.3, 0.4) is 0 Å². The van der Waals surface area contributed by atoms with E-state index in [0.717, 1.165) is 17.6 Å². The maximum absolute atomic E-state index is 3.53. The number of rotatable bonds is 6. The van der Waals surface area contributed by atoms with Crippen LogP contribution in [0.25, 0.3) is 0 Å². The van der Waals surface area contributed by atoms with Gasteiger partial charge in [-0.3, -0.25) is 0 Å². The lowest BCUT2D eigenvalue weighted by molar-refractivity contribution is 0.224. The molecule has 17 heavy (non-hydrogen) atoms. The average molecular weight is 299 g/mol. The van der Waals surface area contributed by atoms with Gasteiger partial charge < -0.3 is 10.2 Å². The Labute approximate surface area is 114 Å². The van der Waals surface area contributed by atoms with E-state index >= 15 is 0 Å². The van der Waals surface area contributed by atoms with Gasteiger partial charge in [0.2, 0.25) is 0 Å². The van der Waals surface area contributed by atoms with Crippen LogP contribution in [0.1, 0.15) is 19.4 Å². The van der Waals surface area contributed by atoms with Crippen LogP contribution in [0.4, 0.5) is 0 Å². The Morgan fingerprint density at radius 1 is 1.29 bits per heavy atom. The minimum atomic E-state index is 0.585. The van der Waals surface area contributed by atoms with Crippen molar-refractivity contribution in [2.24, 2.45) is 5.92 Å². The standard InChI is InChI=1S/C14H23BrN2/c1-11(2)14(17(3)4)10-16-9-12-6-5-7-13(15)8-12/h5-8,11,14,16H,9-10H2,1-4H3. The molecule has 1 atom stereocenters. The van der Waals surface area contributed by atoms with Gasteiger partial charge in [0.25, 0.3) is 0 Å². The number of benzene rings is 1. The van der Waals surface area contributed by atoms with E-state index in [-0.39, 0.29) is 0 Å². The van der Waals surface area contributed by atoms with Gasteiger partial charge in [-0.15, -0.1) is 0 Å². The number of hydrogen-bond acceptors (Lipinski definition) is 2. The molecule has 0 radical (unpaired) electrons. The highest BCUT2D eigenvalue weighted by Gasteiger charge is 2.14. The first kappa shape index (κ1) is 14.7. The van der Waals surface area contributed by atoms with Crippen molar-refractivity contribution in [2.75, 3.05) is 20.6 Å². The van der Waals surface area contributed by atoms with Crippen molar-refractivity contribution in [1.82, 2.24) is 10.2 Å². The summed E-state index contributed by atoms with van der Waals surface area (Å²) in [6.07, 6.45) is 0. The fraction of sp³-hybridized carbons (Fsp3) is 0.571. The van der Waals surface area contributed by atoms with Crippen molar-refractivity contribution < 1.29 is 0 Å². The van der Waals surface area contributed by atoms with Crippen LogP contribution in [0.15, 0.2) is 28.7 Å². The van der Waals surface area contributed by atoms with Gasteiger partial charge in [0.15, 0.2) is 0 Å². The van der Waals surface area contributed by atoms with Crippen LogP contribution >= 0.6 is 15.9 Å². The first-order chi connectivity index (χ1) is 8.00. The molecule has 96 valence electrons. The number of likely N-dealkylation sites (N-methyl/N-ethyl adjacent to an activating group) is 1. The third kappa shape index (κ3) is 5.19. The molecule has 1 aromatic rings. The van der Waals surface area contributed by atoms with Crippen LogP contribution < -0.4 is 5.32 Å². The first-order valence-corrected chi connectivity index (χ1v) is 6.91. The lowest BCUT2D eigenvalue weighted by Crippen LogP contribution is -2.41. The molecular weight excluding hydrogens is 276 g/mol. The Hall–Kier alpha value is -0.380. The fourth-order valence-electron chi connectivity index (χ4n) is 2.03. The highest BCUT2D eigenvalue weighted by Crippen LogP contribution is 2.12. The van der Waals surface area contributed by atoms with Crippen LogP contribution in [-0.2, 0) is 6.54 Å². The second-order valence-corrected chi connectivity index (χ2v) is 5.95. The molecule has 0 aromatic heterocycles. The number of nitrogens with one attached hydrogen (secondary N) is 1. The Morgan fingerprint density at radius 2 is 2.00 bits per heavy atom. The molecule has 3 heteroatoms. The van der Waals surface area contributed by atoms with Gasteiger partial charge in [-0.05, 0) is 37.7 Å². The molecule has 2 nitrogen and oxygen atoms in total. The van der Waals surface area contributed by atoms with E-state index in [1.54, 1.807) is 0 Å². The van der Waals surface area contributed by atoms with E-state index in [2.05, 4.69) is 78.4 Å². The SMILES string of the molecule is CC(C)C(CNCc1cccc(Br)c1)N(C)C. The van der Waals surface area contributed by atoms with Crippen LogP contribution in [0.2, 0.25) is 0 Å². The van der Waals surface area contributed by atoms with Gasteiger partial charge in [0.05, 0.1) is 0 Å². The molecule has 1 rings (SSSR count). The normalized spacial score (nSPS) is 13.4. The summed E-state index contributed by atoms with van der Waals surface area (Å²) in [5, 5.41) is 3.53. The minimum Gasteiger partial charge on any atom is -0.311 e. The quantitative estimate of drug-likeness (QED) is 0.868. The summed E-state index contributed by atoms with van der Waals surface area (Å²) in [6, 6.07) is 9.03. The lowest BCUT2D eigenvalue weighted by Gasteiger charge is -2.28. The van der Waals surface area contributed by atoms with Gasteiger partial charge in [-0.25, -0.2) is 0 Å². The predicted octanol–water partition coefficient (Wildman–Crippen LogP) is 3.12. The Bertz CT molecular complexity index is 329. The second kappa shape index (κ2) is 7.14. The summed E-state index contributed by atoms with van der Waals surface area (Å²) >= 11 is 3.49. The summed E-state index contributed by atoms with van der Waals surface area (Å²) in [6.45, 7) is 6.49. The summed E-state index contributed by atoms with van der Waals surface area (Å²) in [5.74, 6) is 0.667. The zero-order valence-corrected chi connectivity index (χ0v) is 12.8. The summed E-state index contributed by atoms with van der Waals surface area (Å²) in [4.78, 5) is 2.29. The van der Waals surface area contributed by atoms with Gasteiger partial charge in [-0.1, -0.05) is 41.9 Å². The van der Waals surface area contributed by atoms with Gasteiger partial charge in [0.1, 0.15) is 0 Å². The van der Waals surface area contributed by atoms with E-state index in [4.69, 9.17) is 0 Å². The van der Waals surface area contributed by atoms with Crippen molar-refractivity contribution in [1.29, 1.82) is 0 Å². The van der Waals surface area contributed by atoms with Gasteiger partial charge in [0, 0.05) is 23.6 Å². The fourth-order valence-corrected chi connectivity index (χ4v) is 2.47. The van der Waals surface area contributed by atoms with Crippen LogP contribution in [0.5, 0.6) is 0 Å². The molecule has 0 aliphatic rings. The molecule has 0 aliphatic carbocycles. The largest absolute Gasteiger partial charge is 0.311 e. The van der Waals surface area contributed by atoms with Gasteiger partial charge >= 0.3 is 0 Å². The Morgan fingerprint density at radius 3 is 2.53 bits per heavy atom. The first-order valence-electron chi connectivity index (χ1n) is 6.12. The Balaban J connectivity index is 2.41. The monoisotopic (exact) mass is 298 g/mol. The molecule has 0 aliphatic heterocycles. The maximum Gasteiger partial charge on any atom is 0.0237 e. The zero-order chi connectivity index (χ0) is 12.8. The predicted molar refractivity (Wildman–Crippen MR) is 78.2 cm³/mol. The third-order valence-corrected chi connectivity index (χ3v) is 3.50. The minimum absolute atomic E-state index is 0.585. The molecule has 0 saturated carbocycles. The number of nitrogens with zero attached hydrogens (tertiary/aromatic N) is 1. The number of hydrogen-bond donors (Lipinski definition) is 1. The van der Waals surface area contributed by atoms with E-state index in [1.807, 2.05) is 0 Å². The van der Waals surface area contributed by atoms with Crippen molar-refractivity contribution in [2.45, 2.75) is 26.4 Å². The van der Waals surface area contributed by atoms with Crippen molar-refractivity contribution in [3.63, 3.8) is 0 Å². The van der Waals surface area contributed by atoms with E-state index in [1.165, 1.54) is 5.56 Å². The summed E-state index contributed by atoms with van der Waals surface area (Å²) in [7, 11) is 4.29. The molecule has 1 aromatic carbocycles. The summed E-state index contributed by atoms with van der Waals surface area (Å²) < 4.78 is 1.14. The molecule has 0 heterocycles. The Kier molecular flexibility index (Phi) is 6.17. The van der Waals surface area contributed by atoms with Crippen LogP contribution in [-0.4, -0.2) is 31.6 Å². The summed E-state index contributed by atoms with van der Waals surface area (Å²) in [5.41, 5.74) is 1.32. The smallest absolute Gasteiger partial charge is 0.0237 e. The van der Waals surface area contributed by atoms with Gasteiger partial charge in [-0.2, -0.15) is 0 Å². The molecule has 0 saturated heterocycles. The zero-order valence-electron chi connectivity index (χ0n) is 11.2. The van der Waals surface area contributed by atoms with E-state index in [9.17, 15) is 0 Å². The topological polar surface area (TPSA) is 15.3 Å². The molecule has 1 unspecified atom stereocenters. The molecule has 0 fully saturated rings. The molecule has 1 N–H and O–H groups in total. The highest BCUT2D eigenvalue weighted by atomic mass is 79.9. The van der Waals surface area contributed by atoms with E-state index < -0.39 is 0 Å². The van der Waals surface area contributed by atoms with Crippen molar-refractivity contribution >= 4 is 15.9 Å².